The van der Waals surface area contributed by atoms with Gasteiger partial charge in [0.2, 0.25) is 11.9 Å². The maximum Gasteiger partial charge on any atom is 0.225 e. The first-order chi connectivity index (χ1) is 13.6. The van der Waals surface area contributed by atoms with Gasteiger partial charge in [-0.1, -0.05) is 24.3 Å². The van der Waals surface area contributed by atoms with Gasteiger partial charge in [-0.05, 0) is 43.5 Å². The van der Waals surface area contributed by atoms with Gasteiger partial charge in [0.1, 0.15) is 5.75 Å². The monoisotopic (exact) mass is 378 g/mol. The number of carbonyl (C=O) groups is 1. The lowest BCUT2D eigenvalue weighted by molar-refractivity contribution is -0.125. The summed E-state index contributed by atoms with van der Waals surface area (Å²) in [6.07, 6.45) is 1.87. The van der Waals surface area contributed by atoms with Gasteiger partial charge < -0.3 is 19.9 Å². The summed E-state index contributed by atoms with van der Waals surface area (Å²) in [6.45, 7) is 4.14. The number of nitrogens with zero attached hydrogens (tertiary/aromatic N) is 2. The maximum absolute atomic E-state index is 12.8. The predicted molar refractivity (Wildman–Crippen MR) is 111 cm³/mol. The number of carbonyl (C=O) groups excluding carboxylic acids is 1. The number of anilines is 1. The summed E-state index contributed by atoms with van der Waals surface area (Å²) in [6, 6.07) is 14.0. The summed E-state index contributed by atoms with van der Waals surface area (Å²) in [5, 5.41) is 3.07. The second-order valence-corrected chi connectivity index (χ2v) is 7.40. The molecular formula is C22H26N4O2. The molecule has 1 aliphatic heterocycles. The van der Waals surface area contributed by atoms with E-state index in [1.807, 2.05) is 30.3 Å². The number of hydrogen-bond donors (Lipinski definition) is 2. The van der Waals surface area contributed by atoms with Crippen LogP contribution in [0.5, 0.6) is 5.75 Å². The molecule has 1 fully saturated rings. The number of benzene rings is 2. The minimum atomic E-state index is -0.0431. The van der Waals surface area contributed by atoms with Crippen molar-refractivity contribution in [2.24, 2.45) is 5.92 Å². The van der Waals surface area contributed by atoms with E-state index in [1.165, 1.54) is 5.56 Å². The summed E-state index contributed by atoms with van der Waals surface area (Å²) in [5.41, 5.74) is 4.19. The van der Waals surface area contributed by atoms with E-state index < -0.39 is 0 Å². The average Bonchev–Trinajstić information content (AvgIpc) is 3.15. The van der Waals surface area contributed by atoms with Crippen molar-refractivity contribution >= 4 is 22.9 Å². The molecule has 1 amide bonds. The standard InChI is InChI=1S/C22H26N4O2/c1-15-9-10-18-19(12-15)25-22(24-18)26-11-5-7-17(14-26)21(27)23-13-16-6-3-4-8-20(16)28-2/h3-4,6,8-10,12,17H,5,7,11,13-14H2,1-2H3,(H,23,27)(H,24,25)/t17-/m1/s1. The fourth-order valence-electron chi connectivity index (χ4n) is 3.82. The number of nitrogens with one attached hydrogen (secondary N) is 2. The molecule has 2 N–H and O–H groups in total. The number of amides is 1. The minimum Gasteiger partial charge on any atom is -0.496 e. The lowest BCUT2D eigenvalue weighted by Gasteiger charge is -2.31. The van der Waals surface area contributed by atoms with E-state index in [9.17, 15) is 4.79 Å². The molecule has 0 unspecified atom stereocenters. The summed E-state index contributed by atoms with van der Waals surface area (Å²) in [4.78, 5) is 23.1. The Balaban J connectivity index is 1.41. The van der Waals surface area contributed by atoms with Crippen LogP contribution in [0.3, 0.4) is 0 Å². The van der Waals surface area contributed by atoms with Gasteiger partial charge in [-0.2, -0.15) is 0 Å². The number of ether oxygens (including phenoxy) is 1. The topological polar surface area (TPSA) is 70.2 Å². The van der Waals surface area contributed by atoms with Crippen LogP contribution in [-0.4, -0.2) is 36.1 Å². The SMILES string of the molecule is COc1ccccc1CNC(=O)[C@@H]1CCCN(c2nc3ccc(C)cc3[nH]2)C1. The van der Waals surface area contributed by atoms with E-state index in [1.54, 1.807) is 7.11 Å². The average molecular weight is 378 g/mol. The summed E-state index contributed by atoms with van der Waals surface area (Å²) in [7, 11) is 1.65. The number of para-hydroxylation sites is 1. The molecule has 2 heterocycles. The Morgan fingerprint density at radius 3 is 3.04 bits per heavy atom. The molecule has 1 aromatic heterocycles. The van der Waals surface area contributed by atoms with Crippen molar-refractivity contribution in [1.82, 2.24) is 15.3 Å². The van der Waals surface area contributed by atoms with Crippen LogP contribution in [0.4, 0.5) is 5.95 Å². The van der Waals surface area contributed by atoms with Crippen LogP contribution in [0.1, 0.15) is 24.0 Å². The Hall–Kier alpha value is -3.02. The fourth-order valence-corrected chi connectivity index (χ4v) is 3.82. The number of aromatic nitrogens is 2. The molecule has 6 heteroatoms. The zero-order chi connectivity index (χ0) is 19.5. The molecule has 0 bridgehead atoms. The van der Waals surface area contributed by atoms with Gasteiger partial charge in [-0.15, -0.1) is 0 Å². The number of H-pyrrole nitrogens is 1. The van der Waals surface area contributed by atoms with Crippen LogP contribution < -0.4 is 15.0 Å². The van der Waals surface area contributed by atoms with Gasteiger partial charge in [0, 0.05) is 25.2 Å². The molecule has 1 atom stereocenters. The summed E-state index contributed by atoms with van der Waals surface area (Å²) in [5.74, 6) is 1.69. The molecule has 1 aliphatic rings. The normalized spacial score (nSPS) is 16.9. The number of aromatic amines is 1. The van der Waals surface area contributed by atoms with Gasteiger partial charge in [0.05, 0.1) is 24.1 Å². The molecule has 6 nitrogen and oxygen atoms in total. The van der Waals surface area contributed by atoms with Crippen molar-refractivity contribution in [3.05, 3.63) is 53.6 Å². The number of hydrogen-bond acceptors (Lipinski definition) is 4. The summed E-state index contributed by atoms with van der Waals surface area (Å²) < 4.78 is 5.36. The zero-order valence-corrected chi connectivity index (χ0v) is 16.4. The maximum atomic E-state index is 12.8. The molecular weight excluding hydrogens is 352 g/mol. The van der Waals surface area contributed by atoms with Gasteiger partial charge in [0.15, 0.2) is 0 Å². The highest BCUT2D eigenvalue weighted by atomic mass is 16.5. The number of imidazole rings is 1. The third kappa shape index (κ3) is 3.81. The van der Waals surface area contributed by atoms with Crippen LogP contribution in [0.25, 0.3) is 11.0 Å². The van der Waals surface area contributed by atoms with Gasteiger partial charge >= 0.3 is 0 Å². The second kappa shape index (κ2) is 7.92. The Morgan fingerprint density at radius 1 is 1.32 bits per heavy atom. The van der Waals surface area contributed by atoms with Gasteiger partial charge in [0.25, 0.3) is 0 Å². The van der Waals surface area contributed by atoms with E-state index in [4.69, 9.17) is 9.72 Å². The lowest BCUT2D eigenvalue weighted by Crippen LogP contribution is -2.43. The number of aryl methyl sites for hydroxylation is 1. The van der Waals surface area contributed by atoms with E-state index >= 15 is 0 Å². The van der Waals surface area contributed by atoms with Crippen molar-refractivity contribution < 1.29 is 9.53 Å². The highest BCUT2D eigenvalue weighted by Crippen LogP contribution is 2.24. The van der Waals surface area contributed by atoms with Crippen LogP contribution in [-0.2, 0) is 11.3 Å². The third-order valence-corrected chi connectivity index (χ3v) is 5.36. The molecule has 0 radical (unpaired) electrons. The van der Waals surface area contributed by atoms with Crippen LogP contribution in [0, 0.1) is 12.8 Å². The quantitative estimate of drug-likeness (QED) is 0.714. The van der Waals surface area contributed by atoms with Gasteiger partial charge in [-0.25, -0.2) is 4.98 Å². The Kier molecular flexibility index (Phi) is 5.19. The van der Waals surface area contributed by atoms with Crippen molar-refractivity contribution in [2.75, 3.05) is 25.1 Å². The first-order valence-corrected chi connectivity index (χ1v) is 9.75. The molecule has 1 saturated heterocycles. The van der Waals surface area contributed by atoms with Gasteiger partial charge in [-0.3, -0.25) is 4.79 Å². The van der Waals surface area contributed by atoms with Crippen molar-refractivity contribution in [2.45, 2.75) is 26.3 Å². The third-order valence-electron chi connectivity index (χ3n) is 5.36. The highest BCUT2D eigenvalue weighted by Gasteiger charge is 2.27. The Morgan fingerprint density at radius 2 is 2.18 bits per heavy atom. The zero-order valence-electron chi connectivity index (χ0n) is 16.4. The number of piperidine rings is 1. The van der Waals surface area contributed by atoms with Crippen molar-refractivity contribution in [3.63, 3.8) is 0 Å². The predicted octanol–water partition coefficient (Wildman–Crippen LogP) is 3.41. The molecule has 4 rings (SSSR count). The molecule has 28 heavy (non-hydrogen) atoms. The lowest BCUT2D eigenvalue weighted by atomic mass is 9.97. The minimum absolute atomic E-state index is 0.0431. The molecule has 3 aromatic rings. The van der Waals surface area contributed by atoms with Crippen molar-refractivity contribution in [3.8, 4) is 5.75 Å². The van der Waals surface area contributed by atoms with E-state index in [-0.39, 0.29) is 11.8 Å². The smallest absolute Gasteiger partial charge is 0.225 e. The summed E-state index contributed by atoms with van der Waals surface area (Å²) >= 11 is 0. The van der Waals surface area contributed by atoms with E-state index in [2.05, 4.69) is 34.3 Å². The van der Waals surface area contributed by atoms with Crippen LogP contribution in [0.15, 0.2) is 42.5 Å². The largest absolute Gasteiger partial charge is 0.496 e. The van der Waals surface area contributed by atoms with Crippen LogP contribution >= 0.6 is 0 Å². The van der Waals surface area contributed by atoms with E-state index in [0.29, 0.717) is 13.1 Å². The number of rotatable bonds is 5. The highest BCUT2D eigenvalue weighted by molar-refractivity contribution is 5.80. The molecule has 0 aliphatic carbocycles. The molecule has 0 saturated carbocycles. The van der Waals surface area contributed by atoms with Crippen LogP contribution in [0.2, 0.25) is 0 Å². The number of methoxy groups -OCH3 is 1. The first kappa shape index (κ1) is 18.3. The van der Waals surface area contributed by atoms with Crippen molar-refractivity contribution in [1.29, 1.82) is 0 Å². The number of fused-ring (bicyclic) bond motifs is 1. The first-order valence-electron chi connectivity index (χ1n) is 9.75. The Labute approximate surface area is 164 Å². The fraction of sp³-hybridized carbons (Fsp3) is 0.364. The molecule has 2 aromatic carbocycles. The second-order valence-electron chi connectivity index (χ2n) is 7.40. The Bertz CT molecular complexity index is 982. The van der Waals surface area contributed by atoms with E-state index in [0.717, 1.165) is 47.7 Å². The molecule has 0 spiro atoms. The molecule has 146 valence electrons.